The van der Waals surface area contributed by atoms with E-state index in [0.717, 1.165) is 11.3 Å². The number of benzene rings is 1. The maximum absolute atomic E-state index is 11.7. The van der Waals surface area contributed by atoms with Crippen molar-refractivity contribution in [3.05, 3.63) is 53.3 Å². The second-order valence-electron chi connectivity index (χ2n) is 4.85. The Bertz CT molecular complexity index is 601. The largest absolute Gasteiger partial charge is 0.481 e. The molecule has 1 aromatic carbocycles. The summed E-state index contributed by atoms with van der Waals surface area (Å²) in [7, 11) is 0. The monoisotopic (exact) mass is 291 g/mol. The Balaban J connectivity index is 2.50. The number of rotatable bonds is 5. The van der Waals surface area contributed by atoms with Crippen LogP contribution in [0.2, 0.25) is 5.02 Å². The fraction of sp³-hybridized carbons (Fsp3) is 0.312. The lowest BCUT2D eigenvalue weighted by molar-refractivity contribution is -0.144. The molecule has 0 aliphatic heterocycles. The number of aromatic nitrogens is 1. The van der Waals surface area contributed by atoms with Gasteiger partial charge >= 0.3 is 5.97 Å². The molecule has 1 heterocycles. The zero-order valence-corrected chi connectivity index (χ0v) is 12.4. The summed E-state index contributed by atoms with van der Waals surface area (Å²) in [4.78, 5) is 11.7. The molecule has 0 amide bonds. The van der Waals surface area contributed by atoms with Gasteiger partial charge in [0, 0.05) is 12.4 Å². The normalized spacial score (nSPS) is 11.6. The standard InChI is InChI=1S/C16H18ClNO2/c1-3-16(4-2,15(19)20)12-7-8-14(13(17)11-12)18-9-5-6-10-18/h5-11H,3-4H2,1-2H3,(H,19,20). The third-order valence-corrected chi connectivity index (χ3v) is 4.30. The number of hydrogen-bond donors (Lipinski definition) is 1. The van der Waals surface area contributed by atoms with Crippen molar-refractivity contribution in [1.29, 1.82) is 0 Å². The van der Waals surface area contributed by atoms with Gasteiger partial charge < -0.3 is 9.67 Å². The number of hydrogen-bond acceptors (Lipinski definition) is 1. The van der Waals surface area contributed by atoms with Crippen LogP contribution in [-0.2, 0) is 10.2 Å². The first kappa shape index (κ1) is 14.7. The lowest BCUT2D eigenvalue weighted by Gasteiger charge is -2.27. The first-order chi connectivity index (χ1) is 9.55. The van der Waals surface area contributed by atoms with Gasteiger partial charge in [-0.2, -0.15) is 0 Å². The van der Waals surface area contributed by atoms with Gasteiger partial charge in [-0.25, -0.2) is 0 Å². The van der Waals surface area contributed by atoms with E-state index in [-0.39, 0.29) is 0 Å². The molecule has 20 heavy (non-hydrogen) atoms. The number of halogens is 1. The predicted octanol–water partition coefficient (Wildman–Crippen LogP) is 4.27. The Morgan fingerprint density at radius 3 is 2.30 bits per heavy atom. The van der Waals surface area contributed by atoms with Crippen LogP contribution in [0.3, 0.4) is 0 Å². The molecule has 2 rings (SSSR count). The molecule has 0 atom stereocenters. The highest BCUT2D eigenvalue weighted by Crippen LogP contribution is 2.35. The average molecular weight is 292 g/mol. The van der Waals surface area contributed by atoms with E-state index >= 15 is 0 Å². The van der Waals surface area contributed by atoms with Crippen molar-refractivity contribution >= 4 is 17.6 Å². The minimum absolute atomic E-state index is 0.540. The van der Waals surface area contributed by atoms with Gasteiger partial charge in [0.05, 0.1) is 16.1 Å². The van der Waals surface area contributed by atoms with E-state index in [2.05, 4.69) is 0 Å². The van der Waals surface area contributed by atoms with Gasteiger partial charge in [0.1, 0.15) is 0 Å². The summed E-state index contributed by atoms with van der Waals surface area (Å²) in [5.41, 5.74) is 0.751. The van der Waals surface area contributed by atoms with Gasteiger partial charge in [0.25, 0.3) is 0 Å². The molecule has 2 aromatic rings. The Hall–Kier alpha value is -1.74. The molecular formula is C16H18ClNO2. The van der Waals surface area contributed by atoms with Gasteiger partial charge in [-0.3, -0.25) is 4.79 Å². The smallest absolute Gasteiger partial charge is 0.314 e. The SMILES string of the molecule is CCC(CC)(C(=O)O)c1ccc(-n2cccc2)c(Cl)c1. The summed E-state index contributed by atoms with van der Waals surface area (Å²) >= 11 is 6.33. The molecule has 4 heteroatoms. The van der Waals surface area contributed by atoms with Gasteiger partial charge in [-0.1, -0.05) is 31.5 Å². The van der Waals surface area contributed by atoms with Crippen LogP contribution in [0.1, 0.15) is 32.3 Å². The van der Waals surface area contributed by atoms with E-state index in [4.69, 9.17) is 11.6 Å². The molecule has 0 unspecified atom stereocenters. The van der Waals surface area contributed by atoms with Gasteiger partial charge in [0.15, 0.2) is 0 Å². The summed E-state index contributed by atoms with van der Waals surface area (Å²) in [6.45, 7) is 3.79. The third-order valence-electron chi connectivity index (χ3n) is 4.00. The number of aliphatic carboxylic acids is 1. The van der Waals surface area contributed by atoms with Crippen molar-refractivity contribution < 1.29 is 9.90 Å². The zero-order valence-electron chi connectivity index (χ0n) is 11.6. The van der Waals surface area contributed by atoms with Crippen molar-refractivity contribution in [1.82, 2.24) is 4.57 Å². The van der Waals surface area contributed by atoms with E-state index in [1.54, 1.807) is 6.07 Å². The topological polar surface area (TPSA) is 42.2 Å². The summed E-state index contributed by atoms with van der Waals surface area (Å²) in [5.74, 6) is -0.799. The van der Waals surface area contributed by atoms with Crippen LogP contribution in [0, 0.1) is 0 Å². The summed E-state index contributed by atoms with van der Waals surface area (Å²) in [5, 5.41) is 10.1. The Morgan fingerprint density at radius 2 is 1.85 bits per heavy atom. The van der Waals surface area contributed by atoms with Gasteiger partial charge in [0.2, 0.25) is 0 Å². The van der Waals surface area contributed by atoms with E-state index in [0.29, 0.717) is 17.9 Å². The van der Waals surface area contributed by atoms with Crippen molar-refractivity contribution in [2.24, 2.45) is 0 Å². The minimum Gasteiger partial charge on any atom is -0.481 e. The van der Waals surface area contributed by atoms with Crippen LogP contribution in [-0.4, -0.2) is 15.6 Å². The van der Waals surface area contributed by atoms with Crippen molar-refractivity contribution in [2.75, 3.05) is 0 Å². The van der Waals surface area contributed by atoms with E-state index in [1.807, 2.05) is 55.1 Å². The predicted molar refractivity (Wildman–Crippen MR) is 80.7 cm³/mol. The molecule has 0 bridgehead atoms. The molecule has 106 valence electrons. The number of carbonyl (C=O) groups is 1. The number of carboxylic acid groups (broad SMARTS) is 1. The van der Waals surface area contributed by atoms with Crippen molar-refractivity contribution in [3.8, 4) is 5.69 Å². The molecule has 3 nitrogen and oxygen atoms in total. The second kappa shape index (κ2) is 5.71. The van der Waals surface area contributed by atoms with Crippen molar-refractivity contribution in [3.63, 3.8) is 0 Å². The summed E-state index contributed by atoms with van der Waals surface area (Å²) < 4.78 is 1.91. The summed E-state index contributed by atoms with van der Waals surface area (Å²) in [6, 6.07) is 9.36. The minimum atomic E-state index is -0.862. The fourth-order valence-corrected chi connectivity index (χ4v) is 2.87. The van der Waals surface area contributed by atoms with Crippen LogP contribution in [0.15, 0.2) is 42.7 Å². The van der Waals surface area contributed by atoms with Crippen LogP contribution in [0.4, 0.5) is 0 Å². The first-order valence-corrected chi connectivity index (χ1v) is 7.09. The van der Waals surface area contributed by atoms with Gasteiger partial charge in [-0.05, 0) is 42.7 Å². The molecule has 0 radical (unpaired) electrons. The summed E-state index contributed by atoms with van der Waals surface area (Å²) in [6.07, 6.45) is 4.89. The molecule has 0 fully saturated rings. The van der Waals surface area contributed by atoms with E-state index in [9.17, 15) is 9.90 Å². The fourth-order valence-electron chi connectivity index (χ4n) is 2.59. The molecular weight excluding hydrogens is 274 g/mol. The highest BCUT2D eigenvalue weighted by atomic mass is 35.5. The highest BCUT2D eigenvalue weighted by Gasteiger charge is 2.37. The lowest BCUT2D eigenvalue weighted by atomic mass is 9.76. The van der Waals surface area contributed by atoms with Crippen molar-refractivity contribution in [2.45, 2.75) is 32.1 Å². The van der Waals surface area contributed by atoms with Crippen LogP contribution in [0.5, 0.6) is 0 Å². The quantitative estimate of drug-likeness (QED) is 0.894. The van der Waals surface area contributed by atoms with Crippen LogP contribution >= 0.6 is 11.6 Å². The second-order valence-corrected chi connectivity index (χ2v) is 5.26. The number of carboxylic acids is 1. The Labute approximate surface area is 123 Å². The number of nitrogens with zero attached hydrogens (tertiary/aromatic N) is 1. The molecule has 0 saturated carbocycles. The lowest BCUT2D eigenvalue weighted by Crippen LogP contribution is -2.34. The molecule has 0 spiro atoms. The third kappa shape index (κ3) is 2.34. The first-order valence-electron chi connectivity index (χ1n) is 6.72. The van der Waals surface area contributed by atoms with Crippen LogP contribution in [0.25, 0.3) is 5.69 Å². The molecule has 1 aromatic heterocycles. The van der Waals surface area contributed by atoms with E-state index < -0.39 is 11.4 Å². The molecule has 0 aliphatic carbocycles. The molecule has 1 N–H and O–H groups in total. The van der Waals surface area contributed by atoms with Gasteiger partial charge in [-0.15, -0.1) is 0 Å². The molecule has 0 saturated heterocycles. The highest BCUT2D eigenvalue weighted by molar-refractivity contribution is 6.32. The Morgan fingerprint density at radius 1 is 1.25 bits per heavy atom. The maximum Gasteiger partial charge on any atom is 0.314 e. The van der Waals surface area contributed by atoms with E-state index in [1.165, 1.54) is 0 Å². The zero-order chi connectivity index (χ0) is 14.8. The van der Waals surface area contributed by atoms with Crippen LogP contribution < -0.4 is 0 Å². The Kier molecular flexibility index (Phi) is 4.19. The maximum atomic E-state index is 11.7. The molecule has 0 aliphatic rings. The average Bonchev–Trinajstić information content (AvgIpc) is 2.94.